The SMILES string of the molecule is O=S(=O)(c1ccc(Cl)s1)N1CCC(O)(c2cccc(C(F)(F)F)c2)CC1. The summed E-state index contributed by atoms with van der Waals surface area (Å²) < 4.78 is 65.5. The molecule has 3 rings (SSSR count). The number of aliphatic hydroxyl groups is 1. The van der Waals surface area contributed by atoms with Gasteiger partial charge in [0.15, 0.2) is 0 Å². The highest BCUT2D eigenvalue weighted by Gasteiger charge is 2.40. The lowest BCUT2D eigenvalue weighted by Crippen LogP contribution is -2.45. The minimum atomic E-state index is -4.51. The molecule has 1 aliphatic rings. The molecule has 2 heterocycles. The number of sulfonamides is 1. The van der Waals surface area contributed by atoms with Gasteiger partial charge in [-0.1, -0.05) is 23.7 Å². The number of halogens is 4. The third kappa shape index (κ3) is 3.77. The Balaban J connectivity index is 1.79. The van der Waals surface area contributed by atoms with Crippen molar-refractivity contribution in [1.29, 1.82) is 0 Å². The molecule has 0 spiro atoms. The molecule has 4 nitrogen and oxygen atoms in total. The fraction of sp³-hybridized carbons (Fsp3) is 0.375. The van der Waals surface area contributed by atoms with Gasteiger partial charge in [0.05, 0.1) is 15.5 Å². The highest BCUT2D eigenvalue weighted by molar-refractivity contribution is 7.91. The van der Waals surface area contributed by atoms with Gasteiger partial charge in [0, 0.05) is 13.1 Å². The Morgan fingerprint density at radius 3 is 2.35 bits per heavy atom. The third-order valence-corrected chi connectivity index (χ3v) is 8.02. The summed E-state index contributed by atoms with van der Waals surface area (Å²) in [5.41, 5.74) is -2.20. The Morgan fingerprint density at radius 2 is 1.81 bits per heavy atom. The van der Waals surface area contributed by atoms with Crippen molar-refractivity contribution in [3.63, 3.8) is 0 Å². The quantitative estimate of drug-likeness (QED) is 0.805. The van der Waals surface area contributed by atoms with E-state index in [0.29, 0.717) is 4.34 Å². The number of hydrogen-bond acceptors (Lipinski definition) is 4. The van der Waals surface area contributed by atoms with Crippen LogP contribution in [0.2, 0.25) is 4.34 Å². The third-order valence-electron chi connectivity index (χ3n) is 4.42. The molecule has 0 amide bonds. The van der Waals surface area contributed by atoms with Crippen LogP contribution < -0.4 is 0 Å². The molecule has 1 aromatic heterocycles. The summed E-state index contributed by atoms with van der Waals surface area (Å²) in [7, 11) is -3.73. The van der Waals surface area contributed by atoms with Crippen molar-refractivity contribution in [2.45, 2.75) is 28.8 Å². The molecule has 1 fully saturated rings. The number of nitrogens with zero attached hydrogens (tertiary/aromatic N) is 1. The first-order chi connectivity index (χ1) is 12.0. The van der Waals surface area contributed by atoms with Crippen molar-refractivity contribution in [2.75, 3.05) is 13.1 Å². The van der Waals surface area contributed by atoms with Gasteiger partial charge in [0.1, 0.15) is 4.21 Å². The van der Waals surface area contributed by atoms with E-state index in [1.54, 1.807) is 0 Å². The summed E-state index contributed by atoms with van der Waals surface area (Å²) in [6.45, 7) is 0.00912. The number of thiophene rings is 1. The molecular formula is C16H15ClF3NO3S2. The average molecular weight is 426 g/mol. The first-order valence-corrected chi connectivity index (χ1v) is 10.3. The van der Waals surface area contributed by atoms with Crippen molar-refractivity contribution in [3.05, 3.63) is 51.9 Å². The highest BCUT2D eigenvalue weighted by atomic mass is 35.5. The topological polar surface area (TPSA) is 57.6 Å². The molecule has 26 heavy (non-hydrogen) atoms. The van der Waals surface area contributed by atoms with Gasteiger partial charge >= 0.3 is 6.18 Å². The van der Waals surface area contributed by atoms with Crippen LogP contribution in [0.4, 0.5) is 13.2 Å². The van der Waals surface area contributed by atoms with E-state index in [2.05, 4.69) is 0 Å². The Bertz CT molecular complexity index is 903. The predicted octanol–water partition coefficient (Wildman–Crippen LogP) is 4.09. The van der Waals surface area contributed by atoms with Crippen molar-refractivity contribution in [2.24, 2.45) is 0 Å². The molecule has 1 aliphatic heterocycles. The summed E-state index contributed by atoms with van der Waals surface area (Å²) >= 11 is 6.72. The Hall–Kier alpha value is -1.13. The molecule has 142 valence electrons. The summed E-state index contributed by atoms with van der Waals surface area (Å²) in [6.07, 6.45) is -4.49. The van der Waals surface area contributed by atoms with Gasteiger partial charge in [0.25, 0.3) is 10.0 Å². The second-order valence-corrected chi connectivity index (χ2v) is 9.95. The van der Waals surface area contributed by atoms with E-state index in [9.17, 15) is 26.7 Å². The van der Waals surface area contributed by atoms with Crippen LogP contribution in [0.5, 0.6) is 0 Å². The highest BCUT2D eigenvalue weighted by Crippen LogP contribution is 2.38. The van der Waals surface area contributed by atoms with E-state index < -0.39 is 27.4 Å². The molecule has 0 aliphatic carbocycles. The Morgan fingerprint density at radius 1 is 1.15 bits per heavy atom. The molecular weight excluding hydrogens is 411 g/mol. The standard InChI is InChI=1S/C16H15ClF3NO3S2/c17-13-4-5-14(25-13)26(23,24)21-8-6-15(22,7-9-21)11-2-1-3-12(10-11)16(18,19)20/h1-5,10,22H,6-9H2. The number of hydrogen-bond donors (Lipinski definition) is 1. The van der Waals surface area contributed by atoms with Gasteiger partial charge in [-0.05, 0) is 42.7 Å². The van der Waals surface area contributed by atoms with Crippen LogP contribution in [0, 0.1) is 0 Å². The van der Waals surface area contributed by atoms with E-state index in [1.165, 1.54) is 28.6 Å². The molecule has 0 bridgehead atoms. The second-order valence-electron chi connectivity index (χ2n) is 6.07. The fourth-order valence-electron chi connectivity index (χ4n) is 2.93. The zero-order valence-corrected chi connectivity index (χ0v) is 15.7. The van der Waals surface area contributed by atoms with Crippen LogP contribution in [0.1, 0.15) is 24.0 Å². The van der Waals surface area contributed by atoms with Crippen LogP contribution in [0.25, 0.3) is 0 Å². The maximum Gasteiger partial charge on any atom is 0.416 e. The maximum atomic E-state index is 12.9. The van der Waals surface area contributed by atoms with Crippen molar-refractivity contribution >= 4 is 33.0 Å². The van der Waals surface area contributed by atoms with Gasteiger partial charge in [-0.25, -0.2) is 8.42 Å². The molecule has 0 atom stereocenters. The van der Waals surface area contributed by atoms with Crippen molar-refractivity contribution in [3.8, 4) is 0 Å². The van der Waals surface area contributed by atoms with Crippen molar-refractivity contribution < 1.29 is 26.7 Å². The van der Waals surface area contributed by atoms with E-state index in [0.717, 1.165) is 23.5 Å². The van der Waals surface area contributed by atoms with Crippen LogP contribution in [0.3, 0.4) is 0 Å². The minimum Gasteiger partial charge on any atom is -0.385 e. The zero-order chi connectivity index (χ0) is 19.2. The molecule has 1 N–H and O–H groups in total. The molecule has 1 aromatic carbocycles. The van der Waals surface area contributed by atoms with E-state index in [1.807, 2.05) is 0 Å². The predicted molar refractivity (Wildman–Crippen MR) is 92.7 cm³/mol. The average Bonchev–Trinajstić information content (AvgIpc) is 3.02. The van der Waals surface area contributed by atoms with Gasteiger partial charge in [-0.15, -0.1) is 11.3 Å². The number of benzene rings is 1. The molecule has 1 saturated heterocycles. The number of piperidine rings is 1. The van der Waals surface area contributed by atoms with Crippen LogP contribution in [-0.4, -0.2) is 30.9 Å². The summed E-state index contributed by atoms with van der Waals surface area (Å²) in [5, 5.41) is 10.8. The van der Waals surface area contributed by atoms with Crippen LogP contribution in [0.15, 0.2) is 40.6 Å². The largest absolute Gasteiger partial charge is 0.416 e. The second kappa shape index (κ2) is 6.79. The molecule has 0 unspecified atom stereocenters. The van der Waals surface area contributed by atoms with E-state index in [-0.39, 0.29) is 35.7 Å². The molecule has 0 saturated carbocycles. The first kappa shape index (κ1) is 19.6. The molecule has 0 radical (unpaired) electrons. The number of alkyl halides is 3. The fourth-order valence-corrected chi connectivity index (χ4v) is 6.01. The first-order valence-electron chi connectivity index (χ1n) is 7.68. The molecule has 2 aromatic rings. The smallest absolute Gasteiger partial charge is 0.385 e. The van der Waals surface area contributed by atoms with Gasteiger partial charge in [-0.2, -0.15) is 17.5 Å². The maximum absolute atomic E-state index is 12.9. The number of rotatable bonds is 3. The molecule has 10 heteroatoms. The Kier molecular flexibility index (Phi) is 5.13. The monoisotopic (exact) mass is 425 g/mol. The van der Waals surface area contributed by atoms with Gasteiger partial charge in [0.2, 0.25) is 0 Å². The van der Waals surface area contributed by atoms with E-state index >= 15 is 0 Å². The summed E-state index contributed by atoms with van der Waals surface area (Å²) in [4.78, 5) is 0. The normalized spacial score (nSPS) is 18.8. The van der Waals surface area contributed by atoms with Crippen LogP contribution >= 0.6 is 22.9 Å². The van der Waals surface area contributed by atoms with Crippen molar-refractivity contribution in [1.82, 2.24) is 4.31 Å². The van der Waals surface area contributed by atoms with E-state index in [4.69, 9.17) is 11.6 Å². The lowest BCUT2D eigenvalue weighted by molar-refractivity contribution is -0.137. The van der Waals surface area contributed by atoms with Gasteiger partial charge in [-0.3, -0.25) is 0 Å². The lowest BCUT2D eigenvalue weighted by Gasteiger charge is -2.37. The minimum absolute atomic E-state index is 0.00456. The summed E-state index contributed by atoms with van der Waals surface area (Å²) in [5.74, 6) is 0. The zero-order valence-electron chi connectivity index (χ0n) is 13.3. The lowest BCUT2D eigenvalue weighted by atomic mass is 9.84. The summed E-state index contributed by atoms with van der Waals surface area (Å²) in [6, 6.07) is 7.43. The van der Waals surface area contributed by atoms with Crippen LogP contribution in [-0.2, 0) is 21.8 Å². The Labute approximate surface area is 157 Å². The van der Waals surface area contributed by atoms with Gasteiger partial charge < -0.3 is 5.11 Å².